The van der Waals surface area contributed by atoms with Gasteiger partial charge in [-0.2, -0.15) is 0 Å². The quantitative estimate of drug-likeness (QED) is 0.267. The average Bonchev–Trinajstić information content (AvgIpc) is 2.43. The van der Waals surface area contributed by atoms with Gasteiger partial charge in [0.05, 0.1) is 6.10 Å². The van der Waals surface area contributed by atoms with Crippen molar-refractivity contribution in [2.24, 2.45) is 0 Å². The van der Waals surface area contributed by atoms with Gasteiger partial charge >= 0.3 is 0 Å². The van der Waals surface area contributed by atoms with Gasteiger partial charge in [-0.1, -0.05) is 84.1 Å². The lowest BCUT2D eigenvalue weighted by atomic mass is 10.0. The molecule has 0 rings (SSSR count). The Labute approximate surface area is 130 Å². The molecular weight excluding hydrogens is 268 g/mol. The fourth-order valence-corrected chi connectivity index (χ4v) is 2.47. The van der Waals surface area contributed by atoms with Crippen LogP contribution in [-0.2, 0) is 4.79 Å². The van der Waals surface area contributed by atoms with Crippen LogP contribution in [0.3, 0.4) is 0 Å². The Morgan fingerprint density at radius 3 is 1.75 bits per heavy atom. The molecule has 0 heterocycles. The second-order valence-corrected chi connectivity index (χ2v) is 6.08. The molecule has 0 aliphatic rings. The Balaban J connectivity index is 3.24. The minimum atomic E-state index is -0.710. The SMILES string of the molecule is C=C(C(=O)S)C(O)CCCCCCCCCCCCC. The lowest BCUT2D eigenvalue weighted by Crippen LogP contribution is -2.13. The maximum Gasteiger partial charge on any atom is 0.214 e. The highest BCUT2D eigenvalue weighted by atomic mass is 32.1. The van der Waals surface area contributed by atoms with E-state index in [9.17, 15) is 9.90 Å². The largest absolute Gasteiger partial charge is 0.388 e. The summed E-state index contributed by atoms with van der Waals surface area (Å²) in [7, 11) is 0. The van der Waals surface area contributed by atoms with Gasteiger partial charge in [0, 0.05) is 5.57 Å². The fourth-order valence-electron chi connectivity index (χ4n) is 2.32. The molecule has 0 fully saturated rings. The van der Waals surface area contributed by atoms with Gasteiger partial charge in [0.2, 0.25) is 5.12 Å². The summed E-state index contributed by atoms with van der Waals surface area (Å²) in [6, 6.07) is 0. The number of rotatable bonds is 14. The summed E-state index contributed by atoms with van der Waals surface area (Å²) >= 11 is 3.67. The zero-order valence-corrected chi connectivity index (χ0v) is 14.0. The summed E-state index contributed by atoms with van der Waals surface area (Å²) in [4.78, 5) is 10.9. The van der Waals surface area contributed by atoms with Crippen LogP contribution in [0.2, 0.25) is 0 Å². The van der Waals surface area contributed by atoms with E-state index < -0.39 is 11.2 Å². The first-order valence-corrected chi connectivity index (χ1v) is 8.64. The van der Waals surface area contributed by atoms with Crippen LogP contribution >= 0.6 is 12.6 Å². The zero-order valence-electron chi connectivity index (χ0n) is 13.1. The first kappa shape index (κ1) is 19.7. The molecule has 1 N–H and O–H groups in total. The lowest BCUT2D eigenvalue weighted by Gasteiger charge is -2.10. The van der Waals surface area contributed by atoms with Gasteiger partial charge in [0.25, 0.3) is 0 Å². The van der Waals surface area contributed by atoms with Crippen LogP contribution in [0.15, 0.2) is 12.2 Å². The normalized spacial score (nSPS) is 12.3. The van der Waals surface area contributed by atoms with Gasteiger partial charge in [-0.15, -0.1) is 12.6 Å². The van der Waals surface area contributed by atoms with Crippen molar-refractivity contribution in [3.8, 4) is 0 Å². The van der Waals surface area contributed by atoms with E-state index in [0.29, 0.717) is 6.42 Å². The third kappa shape index (κ3) is 11.5. The molecule has 0 radical (unpaired) electrons. The van der Waals surface area contributed by atoms with Crippen molar-refractivity contribution < 1.29 is 9.90 Å². The predicted octanol–water partition coefficient (Wildman–Crippen LogP) is 5.06. The Bertz CT molecular complexity index is 264. The van der Waals surface area contributed by atoms with Crippen LogP contribution in [-0.4, -0.2) is 16.3 Å². The molecule has 118 valence electrons. The van der Waals surface area contributed by atoms with Crippen LogP contribution in [0, 0.1) is 0 Å². The van der Waals surface area contributed by atoms with Crippen molar-refractivity contribution in [2.45, 2.75) is 90.1 Å². The van der Waals surface area contributed by atoms with E-state index >= 15 is 0 Å². The van der Waals surface area contributed by atoms with Crippen LogP contribution in [0.4, 0.5) is 0 Å². The number of unbranched alkanes of at least 4 members (excludes halogenated alkanes) is 10. The van der Waals surface area contributed by atoms with Crippen molar-refractivity contribution in [2.75, 3.05) is 0 Å². The van der Waals surface area contributed by atoms with Crippen LogP contribution in [0.1, 0.15) is 84.0 Å². The topological polar surface area (TPSA) is 37.3 Å². The van der Waals surface area contributed by atoms with Gasteiger partial charge in [0.15, 0.2) is 0 Å². The summed E-state index contributed by atoms with van der Waals surface area (Å²) in [6.07, 6.45) is 14.1. The smallest absolute Gasteiger partial charge is 0.214 e. The molecule has 0 bridgehead atoms. The summed E-state index contributed by atoms with van der Waals surface area (Å²) in [6.45, 7) is 5.80. The van der Waals surface area contributed by atoms with E-state index in [1.165, 1.54) is 57.8 Å². The standard InChI is InChI=1S/C17H32O2S/c1-3-4-5-6-7-8-9-10-11-12-13-14-16(18)15(2)17(19)20/h16,18H,2-14H2,1H3,(H,19,20). The van der Waals surface area contributed by atoms with E-state index in [4.69, 9.17) is 0 Å². The Morgan fingerprint density at radius 2 is 1.35 bits per heavy atom. The molecule has 0 aliphatic heterocycles. The van der Waals surface area contributed by atoms with E-state index in [0.717, 1.165) is 12.8 Å². The van der Waals surface area contributed by atoms with Gasteiger partial charge < -0.3 is 5.11 Å². The molecule has 0 spiro atoms. The highest BCUT2D eigenvalue weighted by Crippen LogP contribution is 2.15. The van der Waals surface area contributed by atoms with E-state index in [1.807, 2.05) is 0 Å². The first-order chi connectivity index (χ1) is 9.59. The lowest BCUT2D eigenvalue weighted by molar-refractivity contribution is -0.108. The number of aliphatic hydroxyl groups excluding tert-OH is 1. The molecule has 0 saturated heterocycles. The second kappa shape index (κ2) is 13.7. The van der Waals surface area contributed by atoms with Crippen LogP contribution in [0.5, 0.6) is 0 Å². The van der Waals surface area contributed by atoms with Crippen LogP contribution in [0.25, 0.3) is 0 Å². The number of carbonyl (C=O) groups excluding carboxylic acids is 1. The number of thiol groups is 1. The Kier molecular flexibility index (Phi) is 13.5. The summed E-state index contributed by atoms with van der Waals surface area (Å²) in [5, 5.41) is 9.26. The predicted molar refractivity (Wildman–Crippen MR) is 90.2 cm³/mol. The minimum Gasteiger partial charge on any atom is -0.388 e. The molecular formula is C17H32O2S. The van der Waals surface area contributed by atoms with E-state index in [-0.39, 0.29) is 5.57 Å². The van der Waals surface area contributed by atoms with E-state index in [2.05, 4.69) is 26.1 Å². The Hall–Kier alpha value is -0.280. The van der Waals surface area contributed by atoms with Gasteiger partial charge in [-0.3, -0.25) is 4.79 Å². The molecule has 0 aromatic rings. The highest BCUT2D eigenvalue weighted by molar-refractivity contribution is 7.97. The third-order valence-corrected chi connectivity index (χ3v) is 4.05. The molecule has 2 nitrogen and oxygen atoms in total. The van der Waals surface area contributed by atoms with Crippen molar-refractivity contribution >= 4 is 17.7 Å². The minimum absolute atomic E-state index is 0.223. The summed E-state index contributed by atoms with van der Waals surface area (Å²) < 4.78 is 0. The molecule has 1 atom stereocenters. The molecule has 0 aromatic carbocycles. The zero-order chi connectivity index (χ0) is 15.2. The van der Waals surface area contributed by atoms with Gasteiger partial charge in [-0.05, 0) is 6.42 Å². The molecule has 0 saturated carbocycles. The maximum atomic E-state index is 10.9. The molecule has 1 unspecified atom stereocenters. The average molecular weight is 301 g/mol. The fraction of sp³-hybridized carbons (Fsp3) is 0.824. The number of hydrogen-bond acceptors (Lipinski definition) is 2. The number of aliphatic hydroxyl groups is 1. The monoisotopic (exact) mass is 300 g/mol. The molecule has 0 aliphatic carbocycles. The van der Waals surface area contributed by atoms with Crippen molar-refractivity contribution in [1.82, 2.24) is 0 Å². The molecule has 3 heteroatoms. The third-order valence-electron chi connectivity index (χ3n) is 3.76. The molecule has 0 aromatic heterocycles. The number of carbonyl (C=O) groups is 1. The van der Waals surface area contributed by atoms with Crippen LogP contribution < -0.4 is 0 Å². The molecule has 20 heavy (non-hydrogen) atoms. The second-order valence-electron chi connectivity index (χ2n) is 5.67. The maximum absolute atomic E-state index is 10.9. The van der Waals surface area contributed by atoms with E-state index in [1.54, 1.807) is 0 Å². The Morgan fingerprint density at radius 1 is 0.950 bits per heavy atom. The van der Waals surface area contributed by atoms with Crippen molar-refractivity contribution in [3.05, 3.63) is 12.2 Å². The summed E-state index contributed by atoms with van der Waals surface area (Å²) in [5.41, 5.74) is 0.223. The van der Waals surface area contributed by atoms with Gasteiger partial charge in [-0.25, -0.2) is 0 Å². The highest BCUT2D eigenvalue weighted by Gasteiger charge is 2.12. The molecule has 0 amide bonds. The van der Waals surface area contributed by atoms with Gasteiger partial charge in [0.1, 0.15) is 0 Å². The first-order valence-electron chi connectivity index (χ1n) is 8.19. The summed E-state index contributed by atoms with van der Waals surface area (Å²) in [5.74, 6) is 0. The van der Waals surface area contributed by atoms with Crippen molar-refractivity contribution in [3.63, 3.8) is 0 Å². The number of hydrogen-bond donors (Lipinski definition) is 2. The van der Waals surface area contributed by atoms with Crippen molar-refractivity contribution in [1.29, 1.82) is 0 Å².